The lowest BCUT2D eigenvalue weighted by Crippen LogP contribution is -1.71. The van der Waals surface area contributed by atoms with Crippen LogP contribution in [0.4, 0.5) is 0 Å². The van der Waals surface area contributed by atoms with Gasteiger partial charge in [0.1, 0.15) is 0 Å². The van der Waals surface area contributed by atoms with Gasteiger partial charge in [0.05, 0.1) is 0 Å². The molecule has 0 aliphatic rings. The molecule has 0 nitrogen and oxygen atoms in total. The van der Waals surface area contributed by atoms with Crippen molar-refractivity contribution in [1.29, 1.82) is 0 Å². The van der Waals surface area contributed by atoms with Crippen LogP contribution in [-0.4, -0.2) is 0 Å². The first-order chi connectivity index (χ1) is 5.33. The molecule has 0 atom stereocenters. The third-order valence-corrected chi connectivity index (χ3v) is 1.84. The molecule has 0 unspecified atom stereocenters. The second-order valence-electron chi connectivity index (χ2n) is 2.36. The molecule has 0 amide bonds. The normalized spacial score (nSPS) is 11.6. The summed E-state index contributed by atoms with van der Waals surface area (Å²) in [6, 6.07) is 10.1. The Morgan fingerprint density at radius 1 is 1.36 bits per heavy atom. The van der Waals surface area contributed by atoms with Crippen molar-refractivity contribution in [3.8, 4) is 0 Å². The lowest BCUT2D eigenvalue weighted by Gasteiger charge is -1.93. The van der Waals surface area contributed by atoms with E-state index in [0.717, 1.165) is 11.5 Å². The average Bonchev–Trinajstić information content (AvgIpc) is 2.06. The number of benzene rings is 1. The van der Waals surface area contributed by atoms with E-state index in [4.69, 9.17) is 11.6 Å². The summed E-state index contributed by atoms with van der Waals surface area (Å²) in [6.07, 6.45) is 2.89. The number of rotatable bonds is 2. The second kappa shape index (κ2) is 4.20. The molecule has 58 valence electrons. The Balaban J connectivity index is 2.79. The molecular formula is C10H11Cl. The van der Waals surface area contributed by atoms with Gasteiger partial charge < -0.3 is 0 Å². The first-order valence-corrected chi connectivity index (χ1v) is 4.12. The molecule has 1 aromatic carbocycles. The van der Waals surface area contributed by atoms with Gasteiger partial charge in [-0.05, 0) is 18.1 Å². The molecule has 11 heavy (non-hydrogen) atoms. The van der Waals surface area contributed by atoms with Gasteiger partial charge in [0.25, 0.3) is 0 Å². The van der Waals surface area contributed by atoms with Crippen molar-refractivity contribution < 1.29 is 0 Å². The Hall–Kier alpha value is -0.750. The van der Waals surface area contributed by atoms with Crippen LogP contribution in [0.3, 0.4) is 0 Å². The molecule has 1 heteroatoms. The summed E-state index contributed by atoms with van der Waals surface area (Å²) in [5, 5.41) is 0.899. The minimum absolute atomic E-state index is 0.899. The molecule has 0 aromatic heterocycles. The zero-order valence-electron chi connectivity index (χ0n) is 6.55. The van der Waals surface area contributed by atoms with Crippen LogP contribution in [0.2, 0.25) is 0 Å². The van der Waals surface area contributed by atoms with Gasteiger partial charge in [-0.2, -0.15) is 0 Å². The summed E-state index contributed by atoms with van der Waals surface area (Å²) in [7, 11) is 0. The first-order valence-electron chi connectivity index (χ1n) is 3.74. The van der Waals surface area contributed by atoms with Gasteiger partial charge in [-0.25, -0.2) is 0 Å². The van der Waals surface area contributed by atoms with Crippen LogP contribution in [-0.2, 0) is 0 Å². The lowest BCUT2D eigenvalue weighted by atomic mass is 10.2. The summed E-state index contributed by atoms with van der Waals surface area (Å²) in [5.74, 6) is 0. The second-order valence-corrected chi connectivity index (χ2v) is 2.84. The molecule has 0 spiro atoms. The topological polar surface area (TPSA) is 0 Å². The molecule has 0 saturated heterocycles. The van der Waals surface area contributed by atoms with Gasteiger partial charge in [0.2, 0.25) is 0 Å². The van der Waals surface area contributed by atoms with E-state index in [1.54, 1.807) is 0 Å². The highest BCUT2D eigenvalue weighted by atomic mass is 35.5. The van der Waals surface area contributed by atoms with Gasteiger partial charge in [0, 0.05) is 5.03 Å². The van der Waals surface area contributed by atoms with Gasteiger partial charge in [-0.3, -0.25) is 0 Å². The third kappa shape index (κ3) is 2.77. The maximum absolute atomic E-state index is 5.86. The van der Waals surface area contributed by atoms with Crippen LogP contribution < -0.4 is 0 Å². The van der Waals surface area contributed by atoms with E-state index in [0.29, 0.717) is 0 Å². The van der Waals surface area contributed by atoms with Crippen molar-refractivity contribution >= 4 is 17.7 Å². The Bertz CT molecular complexity index is 236. The Kier molecular flexibility index (Phi) is 3.18. The zero-order chi connectivity index (χ0) is 8.10. The first kappa shape index (κ1) is 8.35. The summed E-state index contributed by atoms with van der Waals surface area (Å²) < 4.78 is 0. The Morgan fingerprint density at radius 2 is 2.00 bits per heavy atom. The van der Waals surface area contributed by atoms with Gasteiger partial charge >= 0.3 is 0 Å². The van der Waals surface area contributed by atoms with E-state index in [-0.39, 0.29) is 0 Å². The van der Waals surface area contributed by atoms with Gasteiger partial charge in [-0.1, -0.05) is 48.9 Å². The monoisotopic (exact) mass is 166 g/mol. The molecule has 0 aliphatic heterocycles. The SMILES string of the molecule is CC/C(Cl)=C/c1ccccc1. The molecule has 0 fully saturated rings. The Morgan fingerprint density at radius 3 is 2.55 bits per heavy atom. The van der Waals surface area contributed by atoms with Crippen molar-refractivity contribution in [3.05, 3.63) is 40.9 Å². The van der Waals surface area contributed by atoms with E-state index in [1.165, 1.54) is 5.56 Å². The van der Waals surface area contributed by atoms with Crippen LogP contribution in [0, 0.1) is 0 Å². The molecule has 0 saturated carbocycles. The van der Waals surface area contributed by atoms with E-state index >= 15 is 0 Å². The van der Waals surface area contributed by atoms with Crippen molar-refractivity contribution in [1.82, 2.24) is 0 Å². The van der Waals surface area contributed by atoms with Crippen molar-refractivity contribution in [2.24, 2.45) is 0 Å². The van der Waals surface area contributed by atoms with Crippen LogP contribution in [0.25, 0.3) is 6.08 Å². The number of allylic oxidation sites excluding steroid dienone is 1. The van der Waals surface area contributed by atoms with Crippen LogP contribution >= 0.6 is 11.6 Å². The molecule has 1 rings (SSSR count). The highest BCUT2D eigenvalue weighted by Crippen LogP contribution is 2.12. The third-order valence-electron chi connectivity index (χ3n) is 1.46. The summed E-state index contributed by atoms with van der Waals surface area (Å²) in [5.41, 5.74) is 1.17. The van der Waals surface area contributed by atoms with Gasteiger partial charge in [0.15, 0.2) is 0 Å². The van der Waals surface area contributed by atoms with Crippen molar-refractivity contribution in [2.75, 3.05) is 0 Å². The summed E-state index contributed by atoms with van der Waals surface area (Å²) >= 11 is 5.86. The molecule has 0 heterocycles. The maximum Gasteiger partial charge on any atom is 0.0184 e. The van der Waals surface area contributed by atoms with E-state index < -0.39 is 0 Å². The zero-order valence-corrected chi connectivity index (χ0v) is 7.31. The quantitative estimate of drug-likeness (QED) is 0.629. The smallest absolute Gasteiger partial charge is 0.0184 e. The average molecular weight is 167 g/mol. The summed E-state index contributed by atoms with van der Waals surface area (Å²) in [6.45, 7) is 2.04. The molecule has 0 N–H and O–H groups in total. The standard InChI is InChI=1S/C10H11Cl/c1-2-10(11)8-9-6-4-3-5-7-9/h3-8H,2H2,1H3/b10-8-. The maximum atomic E-state index is 5.86. The number of halogens is 1. The van der Waals surface area contributed by atoms with Gasteiger partial charge in [-0.15, -0.1) is 0 Å². The number of hydrogen-bond donors (Lipinski definition) is 0. The Labute approximate surface area is 72.5 Å². The molecule has 0 aliphatic carbocycles. The van der Waals surface area contributed by atoms with E-state index in [1.807, 2.05) is 43.3 Å². The fourth-order valence-corrected chi connectivity index (χ4v) is 0.958. The van der Waals surface area contributed by atoms with Crippen molar-refractivity contribution in [2.45, 2.75) is 13.3 Å². The van der Waals surface area contributed by atoms with Crippen LogP contribution in [0.5, 0.6) is 0 Å². The van der Waals surface area contributed by atoms with E-state index in [9.17, 15) is 0 Å². The van der Waals surface area contributed by atoms with Crippen molar-refractivity contribution in [3.63, 3.8) is 0 Å². The van der Waals surface area contributed by atoms with Crippen LogP contribution in [0.1, 0.15) is 18.9 Å². The van der Waals surface area contributed by atoms with Crippen LogP contribution in [0.15, 0.2) is 35.4 Å². The minimum atomic E-state index is 0.899. The lowest BCUT2D eigenvalue weighted by molar-refractivity contribution is 1.20. The predicted octanol–water partition coefficient (Wildman–Crippen LogP) is 3.68. The highest BCUT2D eigenvalue weighted by Gasteiger charge is 1.87. The molecular weight excluding hydrogens is 156 g/mol. The summed E-state index contributed by atoms with van der Waals surface area (Å²) in [4.78, 5) is 0. The molecule has 0 bridgehead atoms. The van der Waals surface area contributed by atoms with E-state index in [2.05, 4.69) is 0 Å². The molecule has 0 radical (unpaired) electrons. The largest absolute Gasteiger partial charge is 0.0891 e. The minimum Gasteiger partial charge on any atom is -0.0891 e. The molecule has 1 aromatic rings. The fourth-order valence-electron chi connectivity index (χ4n) is 0.832. The number of hydrogen-bond acceptors (Lipinski definition) is 0. The predicted molar refractivity (Wildman–Crippen MR) is 50.6 cm³/mol. The highest BCUT2D eigenvalue weighted by molar-refractivity contribution is 6.31. The fraction of sp³-hybridized carbons (Fsp3) is 0.200.